The van der Waals surface area contributed by atoms with Crippen molar-refractivity contribution in [3.8, 4) is 0 Å². The van der Waals surface area contributed by atoms with Gasteiger partial charge in [-0.1, -0.05) is 0 Å². The third-order valence-corrected chi connectivity index (χ3v) is 3.11. The summed E-state index contributed by atoms with van der Waals surface area (Å²) in [6.07, 6.45) is 3.10. The smallest absolute Gasteiger partial charge is 0.271 e. The van der Waals surface area contributed by atoms with Crippen LogP contribution in [0.5, 0.6) is 0 Å². The summed E-state index contributed by atoms with van der Waals surface area (Å²) >= 11 is 0. The van der Waals surface area contributed by atoms with Crippen LogP contribution in [0.4, 0.5) is 5.95 Å². The van der Waals surface area contributed by atoms with Crippen molar-refractivity contribution in [2.75, 3.05) is 5.32 Å². The highest BCUT2D eigenvalue weighted by molar-refractivity contribution is 5.24. The number of hydrogen-bond acceptors (Lipinski definition) is 5. The third-order valence-electron chi connectivity index (χ3n) is 3.11. The van der Waals surface area contributed by atoms with E-state index in [1.807, 2.05) is 0 Å². The number of aromatic nitrogens is 3. The Labute approximate surface area is 107 Å². The minimum absolute atomic E-state index is 0.0575. The summed E-state index contributed by atoms with van der Waals surface area (Å²) in [5.41, 5.74) is -0.121. The predicted octanol–water partition coefficient (Wildman–Crippen LogP) is 0.886. The van der Waals surface area contributed by atoms with Gasteiger partial charge in [0.25, 0.3) is 5.56 Å². The van der Waals surface area contributed by atoms with Crippen LogP contribution in [0.1, 0.15) is 40.5 Å². The van der Waals surface area contributed by atoms with Crippen molar-refractivity contribution in [1.82, 2.24) is 20.5 Å². The molecule has 0 spiro atoms. The van der Waals surface area contributed by atoms with E-state index in [1.54, 1.807) is 0 Å². The highest BCUT2D eigenvalue weighted by Gasteiger charge is 2.37. The van der Waals surface area contributed by atoms with E-state index in [2.05, 4.69) is 53.5 Å². The Kier molecular flexibility index (Phi) is 3.14. The highest BCUT2D eigenvalue weighted by atomic mass is 16.1. The van der Waals surface area contributed by atoms with Gasteiger partial charge in [-0.25, -0.2) is 0 Å². The maximum absolute atomic E-state index is 11.2. The molecule has 0 unspecified atom stereocenters. The van der Waals surface area contributed by atoms with Gasteiger partial charge in [0.15, 0.2) is 0 Å². The first-order valence-corrected chi connectivity index (χ1v) is 6.24. The maximum Gasteiger partial charge on any atom is 0.271 e. The van der Waals surface area contributed by atoms with Crippen molar-refractivity contribution in [3.63, 3.8) is 0 Å². The lowest BCUT2D eigenvalue weighted by molar-refractivity contribution is 0.170. The molecule has 2 heterocycles. The fourth-order valence-corrected chi connectivity index (χ4v) is 3.00. The lowest BCUT2D eigenvalue weighted by Crippen LogP contribution is -2.60. The molecule has 6 heteroatoms. The summed E-state index contributed by atoms with van der Waals surface area (Å²) < 4.78 is 0. The molecule has 1 fully saturated rings. The molecule has 1 aromatic heterocycles. The van der Waals surface area contributed by atoms with Gasteiger partial charge in [0.2, 0.25) is 5.95 Å². The zero-order valence-corrected chi connectivity index (χ0v) is 11.4. The number of nitrogens with zero attached hydrogens (tertiary/aromatic N) is 2. The average molecular weight is 251 g/mol. The Hall–Kier alpha value is -1.43. The van der Waals surface area contributed by atoms with Gasteiger partial charge >= 0.3 is 0 Å². The van der Waals surface area contributed by atoms with Crippen LogP contribution in [0.2, 0.25) is 0 Å². The predicted molar refractivity (Wildman–Crippen MR) is 70.6 cm³/mol. The molecule has 2 rings (SSSR count). The monoisotopic (exact) mass is 251 g/mol. The fourth-order valence-electron chi connectivity index (χ4n) is 3.00. The van der Waals surface area contributed by atoms with Crippen molar-refractivity contribution in [2.24, 2.45) is 0 Å². The van der Waals surface area contributed by atoms with Gasteiger partial charge in [0.05, 0.1) is 0 Å². The second kappa shape index (κ2) is 4.35. The van der Waals surface area contributed by atoms with Crippen molar-refractivity contribution in [3.05, 3.63) is 16.6 Å². The van der Waals surface area contributed by atoms with Gasteiger partial charge in [-0.2, -0.15) is 0 Å². The number of piperidine rings is 1. The van der Waals surface area contributed by atoms with Crippen LogP contribution in [0, 0.1) is 0 Å². The Morgan fingerprint density at radius 3 is 2.44 bits per heavy atom. The van der Waals surface area contributed by atoms with E-state index in [1.165, 1.54) is 6.20 Å². The van der Waals surface area contributed by atoms with Gasteiger partial charge in [-0.05, 0) is 40.5 Å². The molecule has 1 aromatic rings. The summed E-state index contributed by atoms with van der Waals surface area (Å²) in [6.45, 7) is 8.73. The average Bonchev–Trinajstić information content (AvgIpc) is 2.11. The third kappa shape index (κ3) is 3.29. The van der Waals surface area contributed by atoms with E-state index in [0.29, 0.717) is 5.95 Å². The van der Waals surface area contributed by atoms with E-state index < -0.39 is 0 Å². The van der Waals surface area contributed by atoms with Crippen molar-refractivity contribution in [1.29, 1.82) is 0 Å². The topological polar surface area (TPSA) is 82.7 Å². The molecule has 18 heavy (non-hydrogen) atoms. The molecule has 0 atom stereocenters. The van der Waals surface area contributed by atoms with Gasteiger partial charge in [-0.15, -0.1) is 10.2 Å². The SMILES string of the molecule is CC1(C)CC(Nc2nncc(=O)[nH]2)CC(C)(C)N1. The lowest BCUT2D eigenvalue weighted by atomic mass is 9.80. The van der Waals surface area contributed by atoms with Crippen LogP contribution in [-0.4, -0.2) is 32.3 Å². The summed E-state index contributed by atoms with van der Waals surface area (Å²) in [4.78, 5) is 13.8. The minimum atomic E-state index is -0.236. The van der Waals surface area contributed by atoms with E-state index >= 15 is 0 Å². The van der Waals surface area contributed by atoms with E-state index in [-0.39, 0.29) is 22.7 Å². The summed E-state index contributed by atoms with van der Waals surface area (Å²) in [6, 6.07) is 0.267. The number of nitrogens with one attached hydrogen (secondary N) is 3. The first-order valence-electron chi connectivity index (χ1n) is 6.24. The number of aromatic amines is 1. The molecule has 0 aromatic carbocycles. The Morgan fingerprint density at radius 2 is 1.89 bits per heavy atom. The molecule has 1 aliphatic rings. The molecule has 0 bridgehead atoms. The van der Waals surface area contributed by atoms with Crippen molar-refractivity contribution in [2.45, 2.75) is 57.7 Å². The number of anilines is 1. The molecular formula is C12H21N5O. The number of rotatable bonds is 2. The molecule has 1 aliphatic heterocycles. The van der Waals surface area contributed by atoms with E-state index in [4.69, 9.17) is 0 Å². The zero-order chi connectivity index (χ0) is 13.4. The van der Waals surface area contributed by atoms with Crippen LogP contribution in [0.3, 0.4) is 0 Å². The van der Waals surface area contributed by atoms with Gasteiger partial charge < -0.3 is 10.6 Å². The lowest BCUT2D eigenvalue weighted by Gasteiger charge is -2.46. The summed E-state index contributed by atoms with van der Waals surface area (Å²) in [5, 5.41) is 14.4. The number of H-pyrrole nitrogens is 1. The van der Waals surface area contributed by atoms with Crippen LogP contribution in [0.25, 0.3) is 0 Å². The maximum atomic E-state index is 11.2. The van der Waals surface area contributed by atoms with E-state index in [0.717, 1.165) is 12.8 Å². The highest BCUT2D eigenvalue weighted by Crippen LogP contribution is 2.29. The zero-order valence-electron chi connectivity index (χ0n) is 11.4. The standard InChI is InChI=1S/C12H21N5O/c1-11(2)5-8(6-12(3,4)17-11)14-10-15-9(18)7-13-16-10/h7-8,17H,5-6H2,1-4H3,(H2,14,15,16,18). The molecule has 1 saturated heterocycles. The van der Waals surface area contributed by atoms with Crippen LogP contribution < -0.4 is 16.2 Å². The van der Waals surface area contributed by atoms with Crippen molar-refractivity contribution >= 4 is 5.95 Å². The van der Waals surface area contributed by atoms with Crippen molar-refractivity contribution < 1.29 is 0 Å². The van der Waals surface area contributed by atoms with Crippen LogP contribution in [0.15, 0.2) is 11.0 Å². The normalized spacial score (nSPS) is 22.7. The molecule has 0 aliphatic carbocycles. The molecule has 0 amide bonds. The quantitative estimate of drug-likeness (QED) is 0.727. The largest absolute Gasteiger partial charge is 0.352 e. The minimum Gasteiger partial charge on any atom is -0.352 e. The number of hydrogen-bond donors (Lipinski definition) is 3. The second-order valence-electron chi connectivity index (χ2n) is 6.32. The van der Waals surface area contributed by atoms with Gasteiger partial charge in [0.1, 0.15) is 6.20 Å². The second-order valence-corrected chi connectivity index (χ2v) is 6.32. The van der Waals surface area contributed by atoms with Crippen LogP contribution >= 0.6 is 0 Å². The fraction of sp³-hybridized carbons (Fsp3) is 0.750. The first-order chi connectivity index (χ1) is 8.26. The molecular weight excluding hydrogens is 230 g/mol. The molecule has 0 radical (unpaired) electrons. The Morgan fingerprint density at radius 1 is 1.28 bits per heavy atom. The Bertz CT molecular complexity index is 463. The summed E-state index contributed by atoms with van der Waals surface area (Å²) in [5.74, 6) is 0.445. The first kappa shape index (κ1) is 13.0. The molecule has 0 saturated carbocycles. The molecule has 3 N–H and O–H groups in total. The van der Waals surface area contributed by atoms with Gasteiger partial charge in [0, 0.05) is 17.1 Å². The van der Waals surface area contributed by atoms with Crippen LogP contribution in [-0.2, 0) is 0 Å². The summed E-state index contributed by atoms with van der Waals surface area (Å²) in [7, 11) is 0. The Balaban J connectivity index is 2.12. The van der Waals surface area contributed by atoms with Gasteiger partial charge in [-0.3, -0.25) is 9.78 Å². The molecule has 100 valence electrons. The molecule has 6 nitrogen and oxygen atoms in total. The van der Waals surface area contributed by atoms with E-state index in [9.17, 15) is 4.79 Å².